The first-order chi connectivity index (χ1) is 41.0. The summed E-state index contributed by atoms with van der Waals surface area (Å²) < 4.78 is 16.9. The quantitative estimate of drug-likeness (QED) is 0.0261. The molecule has 0 aromatic carbocycles. The highest BCUT2D eigenvalue weighted by molar-refractivity contribution is 5.72. The van der Waals surface area contributed by atoms with E-state index in [-0.39, 0.29) is 31.6 Å². The Balaban J connectivity index is 4.36. The summed E-state index contributed by atoms with van der Waals surface area (Å²) in [6.45, 7) is 6.36. The van der Waals surface area contributed by atoms with Crippen molar-refractivity contribution in [1.29, 1.82) is 0 Å². The van der Waals surface area contributed by atoms with Crippen LogP contribution in [0.2, 0.25) is 0 Å². The van der Waals surface area contributed by atoms with Gasteiger partial charge in [0.1, 0.15) is 13.2 Å². The number of esters is 3. The molecule has 6 nitrogen and oxygen atoms in total. The van der Waals surface area contributed by atoms with Gasteiger partial charge in [-0.1, -0.05) is 322 Å². The van der Waals surface area contributed by atoms with Crippen LogP contribution < -0.4 is 0 Å². The summed E-state index contributed by atoms with van der Waals surface area (Å²) in [6.07, 6.45) is 98.3. The Bertz CT molecular complexity index is 1700. The zero-order valence-corrected chi connectivity index (χ0v) is 54.4. The number of hydrogen-bond acceptors (Lipinski definition) is 6. The Morgan fingerprint density at radius 2 is 0.518 bits per heavy atom. The van der Waals surface area contributed by atoms with E-state index in [9.17, 15) is 14.4 Å². The molecule has 1 unspecified atom stereocenters. The van der Waals surface area contributed by atoms with Gasteiger partial charge in [0.15, 0.2) is 6.10 Å². The van der Waals surface area contributed by atoms with E-state index < -0.39 is 12.1 Å². The summed E-state index contributed by atoms with van der Waals surface area (Å²) >= 11 is 0. The number of hydrogen-bond donors (Lipinski definition) is 0. The van der Waals surface area contributed by atoms with Crippen LogP contribution in [0, 0.1) is 0 Å². The van der Waals surface area contributed by atoms with E-state index in [4.69, 9.17) is 14.2 Å². The van der Waals surface area contributed by atoms with Crippen LogP contribution in [0.5, 0.6) is 0 Å². The van der Waals surface area contributed by atoms with Crippen molar-refractivity contribution in [2.24, 2.45) is 0 Å². The molecule has 474 valence electrons. The van der Waals surface area contributed by atoms with Gasteiger partial charge in [0.2, 0.25) is 0 Å². The van der Waals surface area contributed by atoms with Crippen LogP contribution in [0.15, 0.2) is 122 Å². The molecule has 0 aliphatic heterocycles. The van der Waals surface area contributed by atoms with Gasteiger partial charge in [0.05, 0.1) is 6.42 Å². The van der Waals surface area contributed by atoms with Crippen LogP contribution >= 0.6 is 0 Å². The molecule has 0 saturated carbocycles. The molecule has 0 radical (unpaired) electrons. The third-order valence-electron chi connectivity index (χ3n) is 15.0. The van der Waals surface area contributed by atoms with Gasteiger partial charge < -0.3 is 14.2 Å². The highest BCUT2D eigenvalue weighted by Crippen LogP contribution is 2.17. The smallest absolute Gasteiger partial charge is 0.309 e. The fourth-order valence-electron chi connectivity index (χ4n) is 9.80. The average Bonchev–Trinajstić information content (AvgIpc) is 3.49. The van der Waals surface area contributed by atoms with Crippen LogP contribution in [0.1, 0.15) is 329 Å². The Morgan fingerprint density at radius 1 is 0.265 bits per heavy atom. The maximum atomic E-state index is 12.9. The first-order valence-electron chi connectivity index (χ1n) is 35.0. The normalized spacial score (nSPS) is 12.9. The zero-order valence-electron chi connectivity index (χ0n) is 54.4. The number of unbranched alkanes of at least 4 members (excludes halogenated alkanes) is 33. The maximum absolute atomic E-state index is 12.9. The molecular formula is C77H130O6. The molecule has 0 amide bonds. The van der Waals surface area contributed by atoms with Gasteiger partial charge in [0, 0.05) is 12.8 Å². The number of allylic oxidation sites excluding steroid dienone is 19. The van der Waals surface area contributed by atoms with Gasteiger partial charge in [0.25, 0.3) is 0 Å². The van der Waals surface area contributed by atoms with Crippen molar-refractivity contribution in [3.8, 4) is 0 Å². The Labute approximate surface area is 513 Å². The van der Waals surface area contributed by atoms with E-state index in [1.807, 2.05) is 6.08 Å². The van der Waals surface area contributed by atoms with Crippen molar-refractivity contribution < 1.29 is 28.6 Å². The predicted octanol–water partition coefficient (Wildman–Crippen LogP) is 24.3. The predicted molar refractivity (Wildman–Crippen MR) is 362 cm³/mol. The molecule has 0 fully saturated rings. The van der Waals surface area contributed by atoms with Crippen LogP contribution in [-0.4, -0.2) is 37.2 Å². The molecular weight excluding hydrogens is 1020 g/mol. The van der Waals surface area contributed by atoms with E-state index in [0.717, 1.165) is 96.3 Å². The molecule has 0 aliphatic carbocycles. The van der Waals surface area contributed by atoms with Crippen molar-refractivity contribution in [1.82, 2.24) is 0 Å². The third kappa shape index (κ3) is 68.5. The summed E-state index contributed by atoms with van der Waals surface area (Å²) in [5, 5.41) is 0. The SMILES string of the molecule is CC/C=C\C/C=C\C/C=C\C/C=C\C/C=C\CC(=O)OCC(COC(=O)CCCCCCCCCCCCCCCCC/C=C\CCCCCCCCCC)OC(=O)CCCCCCCCCCCC/C=C\C/C=C\C/C=C\C/C=C\CC. The molecule has 0 rings (SSSR count). The van der Waals surface area contributed by atoms with Crippen LogP contribution in [-0.2, 0) is 28.6 Å². The number of carbonyl (C=O) groups is 3. The van der Waals surface area contributed by atoms with Gasteiger partial charge in [-0.3, -0.25) is 14.4 Å². The van der Waals surface area contributed by atoms with Gasteiger partial charge in [-0.25, -0.2) is 0 Å². The molecule has 0 saturated heterocycles. The molecule has 0 spiro atoms. The monoisotopic (exact) mass is 1150 g/mol. The fraction of sp³-hybridized carbons (Fsp3) is 0.701. The molecule has 0 aliphatic rings. The number of ether oxygens (including phenoxy) is 3. The second-order valence-electron chi connectivity index (χ2n) is 23.0. The lowest BCUT2D eigenvalue weighted by Crippen LogP contribution is -2.30. The Morgan fingerprint density at radius 3 is 0.855 bits per heavy atom. The van der Waals surface area contributed by atoms with Crippen LogP contribution in [0.3, 0.4) is 0 Å². The minimum atomic E-state index is -0.825. The third-order valence-corrected chi connectivity index (χ3v) is 15.0. The number of carbonyl (C=O) groups excluding carboxylic acids is 3. The fourth-order valence-corrected chi connectivity index (χ4v) is 9.80. The van der Waals surface area contributed by atoms with Crippen LogP contribution in [0.4, 0.5) is 0 Å². The minimum Gasteiger partial charge on any atom is -0.462 e. The van der Waals surface area contributed by atoms with Crippen molar-refractivity contribution in [2.75, 3.05) is 13.2 Å². The largest absolute Gasteiger partial charge is 0.462 e. The first-order valence-corrected chi connectivity index (χ1v) is 35.0. The van der Waals surface area contributed by atoms with E-state index in [0.29, 0.717) is 12.8 Å². The average molecular weight is 1150 g/mol. The van der Waals surface area contributed by atoms with E-state index in [1.165, 1.54) is 193 Å². The lowest BCUT2D eigenvalue weighted by atomic mass is 10.0. The number of rotatable bonds is 63. The topological polar surface area (TPSA) is 78.9 Å². The van der Waals surface area contributed by atoms with Gasteiger partial charge in [-0.15, -0.1) is 0 Å². The standard InChI is InChI=1S/C77H130O6/c1-4-7-10-13-16-19-22-25-28-30-32-34-36-37-38-39-41-42-44-46-49-52-55-58-61-64-67-70-76(79)82-73-74(72-81-75(78)69-66-63-60-57-54-51-48-27-24-21-18-15-12-9-6-3)83-77(80)71-68-65-62-59-56-53-50-47-45-43-40-35-33-31-29-26-23-20-17-14-11-8-5-2/h8-9,11-12,17-18,20-21,26-27,29-30,32-33,35,48,54,57,63,66,74H,4-7,10,13-16,19,22-25,28,31,34,36-47,49-53,55-56,58-62,64-65,67-73H2,1-3H3/b11-8-,12-9-,20-17-,21-18-,29-26-,32-30-,35-33-,48-27-,57-54-,66-63-. The molecule has 0 bridgehead atoms. The zero-order chi connectivity index (χ0) is 59.9. The molecule has 0 N–H and O–H groups in total. The Kier molecular flexibility index (Phi) is 66.7. The van der Waals surface area contributed by atoms with E-state index in [1.54, 1.807) is 6.08 Å². The van der Waals surface area contributed by atoms with Crippen molar-refractivity contribution in [3.05, 3.63) is 122 Å². The molecule has 0 aromatic rings. The van der Waals surface area contributed by atoms with Gasteiger partial charge in [-0.2, -0.15) is 0 Å². The maximum Gasteiger partial charge on any atom is 0.309 e. The summed E-state index contributed by atoms with van der Waals surface area (Å²) in [6, 6.07) is 0. The molecule has 83 heavy (non-hydrogen) atoms. The Hall–Kier alpha value is -4.19. The van der Waals surface area contributed by atoms with Crippen molar-refractivity contribution in [3.63, 3.8) is 0 Å². The highest BCUT2D eigenvalue weighted by atomic mass is 16.6. The summed E-state index contributed by atoms with van der Waals surface area (Å²) in [4.78, 5) is 38.4. The second kappa shape index (κ2) is 70.3. The van der Waals surface area contributed by atoms with Crippen LogP contribution in [0.25, 0.3) is 0 Å². The lowest BCUT2D eigenvalue weighted by Gasteiger charge is -2.18. The second-order valence-corrected chi connectivity index (χ2v) is 23.0. The summed E-state index contributed by atoms with van der Waals surface area (Å²) in [5.41, 5.74) is 0. The van der Waals surface area contributed by atoms with Crippen molar-refractivity contribution in [2.45, 2.75) is 335 Å². The molecule has 0 aromatic heterocycles. The lowest BCUT2D eigenvalue weighted by molar-refractivity contribution is -0.166. The molecule has 0 heterocycles. The first kappa shape index (κ1) is 78.8. The highest BCUT2D eigenvalue weighted by Gasteiger charge is 2.19. The summed E-state index contributed by atoms with van der Waals surface area (Å²) in [7, 11) is 0. The van der Waals surface area contributed by atoms with E-state index >= 15 is 0 Å². The van der Waals surface area contributed by atoms with Gasteiger partial charge in [-0.05, 0) is 109 Å². The van der Waals surface area contributed by atoms with E-state index in [2.05, 4.69) is 130 Å². The van der Waals surface area contributed by atoms with Crippen molar-refractivity contribution >= 4 is 17.9 Å². The minimum absolute atomic E-state index is 0.110. The molecule has 6 heteroatoms. The molecule has 1 atom stereocenters. The summed E-state index contributed by atoms with van der Waals surface area (Å²) in [5.74, 6) is -1.04. The van der Waals surface area contributed by atoms with Gasteiger partial charge >= 0.3 is 17.9 Å².